The fourth-order valence-electron chi connectivity index (χ4n) is 2.04. The van der Waals surface area contributed by atoms with Gasteiger partial charge in [0, 0.05) is 22.3 Å². The van der Waals surface area contributed by atoms with Crippen molar-refractivity contribution in [2.24, 2.45) is 0 Å². The maximum absolute atomic E-state index is 13.0. The number of anilines is 1. The van der Waals surface area contributed by atoms with Crippen molar-refractivity contribution in [3.63, 3.8) is 0 Å². The van der Waals surface area contributed by atoms with Crippen LogP contribution in [0.2, 0.25) is 0 Å². The summed E-state index contributed by atoms with van der Waals surface area (Å²) in [6, 6.07) is 9.75. The van der Waals surface area contributed by atoms with Crippen LogP contribution in [-0.2, 0) is 6.42 Å². The first-order chi connectivity index (χ1) is 9.97. The highest BCUT2D eigenvalue weighted by Gasteiger charge is 2.07. The average molecular weight is 351 g/mol. The molecule has 0 saturated carbocycles. The van der Waals surface area contributed by atoms with Gasteiger partial charge in [-0.3, -0.25) is 4.79 Å². The molecule has 0 fully saturated rings. The maximum Gasteiger partial charge on any atom is 0.251 e. The highest BCUT2D eigenvalue weighted by molar-refractivity contribution is 9.10. The van der Waals surface area contributed by atoms with E-state index < -0.39 is 0 Å². The van der Waals surface area contributed by atoms with Crippen LogP contribution in [0.4, 0.5) is 10.1 Å². The van der Waals surface area contributed by atoms with Crippen LogP contribution in [0.15, 0.2) is 40.9 Å². The van der Waals surface area contributed by atoms with Crippen LogP contribution in [0.3, 0.4) is 0 Å². The highest BCUT2D eigenvalue weighted by atomic mass is 79.9. The van der Waals surface area contributed by atoms with Gasteiger partial charge in [-0.25, -0.2) is 4.39 Å². The number of hydrogen-bond acceptors (Lipinski definition) is 2. The molecule has 3 N–H and O–H groups in total. The number of hydrogen-bond donors (Lipinski definition) is 2. The Kier molecular flexibility index (Phi) is 4.96. The zero-order chi connectivity index (χ0) is 15.4. The molecule has 2 aromatic rings. The summed E-state index contributed by atoms with van der Waals surface area (Å²) in [6.45, 7) is 2.34. The van der Waals surface area contributed by atoms with Gasteiger partial charge in [0.2, 0.25) is 0 Å². The summed E-state index contributed by atoms with van der Waals surface area (Å²) >= 11 is 3.29. The van der Waals surface area contributed by atoms with Gasteiger partial charge in [0.05, 0.1) is 0 Å². The van der Waals surface area contributed by atoms with Crippen LogP contribution >= 0.6 is 15.9 Å². The van der Waals surface area contributed by atoms with Crippen LogP contribution in [0.1, 0.15) is 21.5 Å². The molecule has 0 radical (unpaired) electrons. The number of nitrogens with one attached hydrogen (secondary N) is 1. The standard InChI is InChI=1S/C16H16BrFN2O/c1-10-8-13(18)4-2-11(10)6-7-20-16(21)12-3-5-14(17)15(19)9-12/h2-5,8-9H,6-7,19H2,1H3,(H,20,21). The van der Waals surface area contributed by atoms with E-state index in [0.717, 1.165) is 15.6 Å². The third-order valence-corrected chi connectivity index (χ3v) is 3.96. The first-order valence-corrected chi connectivity index (χ1v) is 7.35. The van der Waals surface area contributed by atoms with Gasteiger partial charge in [-0.15, -0.1) is 0 Å². The van der Waals surface area contributed by atoms with E-state index in [2.05, 4.69) is 21.2 Å². The molecule has 2 aromatic carbocycles. The fraction of sp³-hybridized carbons (Fsp3) is 0.188. The van der Waals surface area contributed by atoms with E-state index in [1.165, 1.54) is 12.1 Å². The Hall–Kier alpha value is -1.88. The number of carbonyl (C=O) groups is 1. The Labute approximate surface area is 131 Å². The molecule has 3 nitrogen and oxygen atoms in total. The van der Waals surface area contributed by atoms with E-state index in [-0.39, 0.29) is 11.7 Å². The predicted molar refractivity (Wildman–Crippen MR) is 85.7 cm³/mol. The second kappa shape index (κ2) is 6.72. The summed E-state index contributed by atoms with van der Waals surface area (Å²) < 4.78 is 13.8. The van der Waals surface area contributed by atoms with E-state index >= 15 is 0 Å². The van der Waals surface area contributed by atoms with E-state index in [9.17, 15) is 9.18 Å². The van der Waals surface area contributed by atoms with Gasteiger partial charge >= 0.3 is 0 Å². The Morgan fingerprint density at radius 1 is 1.29 bits per heavy atom. The molecule has 0 aromatic heterocycles. The largest absolute Gasteiger partial charge is 0.398 e. The van der Waals surface area contributed by atoms with Crippen molar-refractivity contribution in [2.45, 2.75) is 13.3 Å². The summed E-state index contributed by atoms with van der Waals surface area (Å²) in [6.07, 6.45) is 0.657. The first-order valence-electron chi connectivity index (χ1n) is 6.55. The van der Waals surface area contributed by atoms with Crippen molar-refractivity contribution < 1.29 is 9.18 Å². The molecule has 2 rings (SSSR count). The molecule has 0 atom stereocenters. The first kappa shape index (κ1) is 15.5. The molecular formula is C16H16BrFN2O. The summed E-state index contributed by atoms with van der Waals surface area (Å²) in [4.78, 5) is 12.0. The molecule has 0 unspecified atom stereocenters. The summed E-state index contributed by atoms with van der Waals surface area (Å²) in [7, 11) is 0. The fourth-order valence-corrected chi connectivity index (χ4v) is 2.28. The van der Waals surface area contributed by atoms with Crippen molar-refractivity contribution in [1.29, 1.82) is 0 Å². The topological polar surface area (TPSA) is 55.1 Å². The smallest absolute Gasteiger partial charge is 0.251 e. The van der Waals surface area contributed by atoms with Crippen LogP contribution in [-0.4, -0.2) is 12.5 Å². The molecule has 21 heavy (non-hydrogen) atoms. The number of amides is 1. The van der Waals surface area contributed by atoms with Gasteiger partial charge in [0.1, 0.15) is 5.82 Å². The molecule has 110 valence electrons. The van der Waals surface area contributed by atoms with E-state index in [1.807, 2.05) is 6.92 Å². The molecular weight excluding hydrogens is 335 g/mol. The number of carbonyl (C=O) groups excluding carboxylic acids is 1. The molecule has 0 saturated heterocycles. The Balaban J connectivity index is 1.93. The lowest BCUT2D eigenvalue weighted by molar-refractivity contribution is 0.0954. The van der Waals surface area contributed by atoms with Crippen molar-refractivity contribution in [3.8, 4) is 0 Å². The molecule has 0 bridgehead atoms. The SMILES string of the molecule is Cc1cc(F)ccc1CCNC(=O)c1ccc(Br)c(N)c1. The molecule has 1 amide bonds. The van der Waals surface area contributed by atoms with E-state index in [1.54, 1.807) is 24.3 Å². The molecule has 0 heterocycles. The highest BCUT2D eigenvalue weighted by Crippen LogP contribution is 2.20. The summed E-state index contributed by atoms with van der Waals surface area (Å²) in [5, 5.41) is 2.83. The third kappa shape index (κ3) is 4.04. The normalized spacial score (nSPS) is 10.4. The number of nitrogen functional groups attached to an aromatic ring is 1. The minimum atomic E-state index is -0.245. The number of nitrogens with two attached hydrogens (primary N) is 1. The quantitative estimate of drug-likeness (QED) is 0.829. The molecule has 0 spiro atoms. The molecule has 0 aliphatic heterocycles. The maximum atomic E-state index is 13.0. The Bertz CT molecular complexity index is 673. The van der Waals surface area contributed by atoms with Crippen molar-refractivity contribution in [3.05, 3.63) is 63.4 Å². The molecule has 5 heteroatoms. The van der Waals surface area contributed by atoms with Gasteiger partial charge in [0.25, 0.3) is 5.91 Å². The lowest BCUT2D eigenvalue weighted by Crippen LogP contribution is -2.26. The Morgan fingerprint density at radius 2 is 2.05 bits per heavy atom. The number of aryl methyl sites for hydroxylation is 1. The monoisotopic (exact) mass is 350 g/mol. The third-order valence-electron chi connectivity index (χ3n) is 3.24. The van der Waals surface area contributed by atoms with Crippen molar-refractivity contribution >= 4 is 27.5 Å². The zero-order valence-electron chi connectivity index (χ0n) is 11.6. The second-order valence-electron chi connectivity index (χ2n) is 4.81. The van der Waals surface area contributed by atoms with E-state index in [0.29, 0.717) is 24.2 Å². The number of benzene rings is 2. The van der Waals surface area contributed by atoms with Gasteiger partial charge in [0.15, 0.2) is 0 Å². The van der Waals surface area contributed by atoms with Crippen molar-refractivity contribution in [1.82, 2.24) is 5.32 Å². The lowest BCUT2D eigenvalue weighted by atomic mass is 10.1. The molecule has 0 aliphatic carbocycles. The second-order valence-corrected chi connectivity index (χ2v) is 5.67. The van der Waals surface area contributed by atoms with Crippen molar-refractivity contribution in [2.75, 3.05) is 12.3 Å². The minimum Gasteiger partial charge on any atom is -0.398 e. The van der Waals surface area contributed by atoms with Gasteiger partial charge in [-0.1, -0.05) is 6.07 Å². The Morgan fingerprint density at radius 3 is 2.71 bits per heavy atom. The van der Waals surface area contributed by atoms with E-state index in [4.69, 9.17) is 5.73 Å². The summed E-state index contributed by atoms with van der Waals surface area (Å²) in [5.41, 5.74) is 8.70. The van der Waals surface area contributed by atoms with Crippen LogP contribution in [0.25, 0.3) is 0 Å². The van der Waals surface area contributed by atoms with Gasteiger partial charge in [-0.05, 0) is 70.7 Å². The van der Waals surface area contributed by atoms with Crippen LogP contribution in [0, 0.1) is 12.7 Å². The zero-order valence-corrected chi connectivity index (χ0v) is 13.2. The van der Waals surface area contributed by atoms with Gasteiger partial charge in [-0.2, -0.15) is 0 Å². The number of rotatable bonds is 4. The lowest BCUT2D eigenvalue weighted by Gasteiger charge is -2.08. The van der Waals surface area contributed by atoms with Crippen LogP contribution in [0.5, 0.6) is 0 Å². The predicted octanol–water partition coefficient (Wildman–Crippen LogP) is 3.45. The van der Waals surface area contributed by atoms with Crippen LogP contribution < -0.4 is 11.1 Å². The number of halogens is 2. The molecule has 0 aliphatic rings. The minimum absolute atomic E-state index is 0.172. The summed E-state index contributed by atoms with van der Waals surface area (Å²) in [5.74, 6) is -0.417. The van der Waals surface area contributed by atoms with Gasteiger partial charge < -0.3 is 11.1 Å². The average Bonchev–Trinajstić information content (AvgIpc) is 2.44.